The van der Waals surface area contributed by atoms with E-state index >= 15 is 0 Å². The molecule has 0 bridgehead atoms. The Morgan fingerprint density at radius 1 is 1.11 bits per heavy atom. The largest absolute Gasteiger partial charge is 0.369 e. The highest BCUT2D eigenvalue weighted by Crippen LogP contribution is 2.41. The number of nitrogens with two attached hydrogens (primary N) is 1. The molecule has 28 heavy (non-hydrogen) atoms. The Hall–Kier alpha value is -3.99. The molecular formula is C20H17N7O. The number of likely N-dealkylation sites (N-methyl/N-ethyl adjacent to an activating group) is 1. The van der Waals surface area contributed by atoms with Crippen LogP contribution >= 0.6 is 0 Å². The average molecular weight is 371 g/mol. The minimum Gasteiger partial charge on any atom is -0.369 e. The van der Waals surface area contributed by atoms with E-state index in [0.29, 0.717) is 16.8 Å². The van der Waals surface area contributed by atoms with E-state index in [9.17, 15) is 10.1 Å². The van der Waals surface area contributed by atoms with Crippen LogP contribution in [0, 0.1) is 11.3 Å². The number of benzene rings is 1. The number of carbonyl (C=O) groups is 1. The number of aromatic nitrogens is 3. The molecule has 3 heterocycles. The third-order valence-corrected chi connectivity index (χ3v) is 4.95. The van der Waals surface area contributed by atoms with Crippen molar-refractivity contribution in [3.05, 3.63) is 72.1 Å². The zero-order chi connectivity index (χ0) is 19.9. The van der Waals surface area contributed by atoms with Crippen LogP contribution in [0.4, 0.5) is 0 Å². The van der Waals surface area contributed by atoms with E-state index in [-0.39, 0.29) is 11.9 Å². The van der Waals surface area contributed by atoms with Crippen molar-refractivity contribution in [3.63, 3.8) is 0 Å². The van der Waals surface area contributed by atoms with Gasteiger partial charge in [0.1, 0.15) is 18.1 Å². The van der Waals surface area contributed by atoms with Crippen LogP contribution in [0.3, 0.4) is 0 Å². The van der Waals surface area contributed by atoms with Crippen molar-refractivity contribution in [2.24, 2.45) is 17.8 Å². The van der Waals surface area contributed by atoms with E-state index in [2.05, 4.69) is 21.0 Å². The lowest BCUT2D eigenvalue weighted by Crippen LogP contribution is -2.41. The molecule has 0 radical (unpaired) electrons. The number of guanidine groups is 1. The third-order valence-electron chi connectivity index (χ3n) is 4.95. The zero-order valence-electron chi connectivity index (χ0n) is 15.4. The molecule has 0 saturated carbocycles. The molecule has 1 atom stereocenters. The molecule has 138 valence electrons. The summed E-state index contributed by atoms with van der Waals surface area (Å²) in [6.07, 6.45) is 6.61. The summed E-state index contributed by atoms with van der Waals surface area (Å²) in [6.45, 7) is 0. The van der Waals surface area contributed by atoms with Crippen LogP contribution in [-0.4, -0.2) is 38.3 Å². The molecule has 3 aromatic rings. The molecular weight excluding hydrogens is 354 g/mol. The van der Waals surface area contributed by atoms with Gasteiger partial charge in [-0.3, -0.25) is 9.69 Å². The van der Waals surface area contributed by atoms with E-state index in [0.717, 1.165) is 11.1 Å². The number of nitrogens with zero attached hydrogens (tertiary/aromatic N) is 6. The number of hydrogen-bond donors (Lipinski definition) is 1. The average Bonchev–Trinajstić information content (AvgIpc) is 3.22. The first-order chi connectivity index (χ1) is 13.5. The number of nitriles is 1. The maximum atomic E-state index is 13.3. The number of carbonyl (C=O) groups excluding carboxylic acids is 1. The van der Waals surface area contributed by atoms with Gasteiger partial charge in [0.2, 0.25) is 0 Å². The number of rotatable bonds is 3. The molecule has 2 aromatic heterocycles. The van der Waals surface area contributed by atoms with Gasteiger partial charge < -0.3 is 10.3 Å². The fourth-order valence-corrected chi connectivity index (χ4v) is 3.43. The highest BCUT2D eigenvalue weighted by atomic mass is 16.2. The summed E-state index contributed by atoms with van der Waals surface area (Å²) < 4.78 is 1.67. The van der Waals surface area contributed by atoms with Crippen molar-refractivity contribution >= 4 is 11.9 Å². The van der Waals surface area contributed by atoms with E-state index < -0.39 is 5.54 Å². The maximum Gasteiger partial charge on any atom is 0.266 e. The molecule has 0 aliphatic carbocycles. The standard InChI is InChI=1S/C20H17N7O/c1-26-11-16(7-17(26)8-21)20(18(28)27(2)19(22)25-20)15-5-3-4-13(6-15)14-9-23-12-24-10-14/h3-7,9-12H,1-2H3,(H2,22,25). The van der Waals surface area contributed by atoms with Crippen molar-refractivity contribution < 1.29 is 4.79 Å². The highest BCUT2D eigenvalue weighted by molar-refractivity contribution is 6.09. The Bertz CT molecular complexity index is 1140. The molecule has 1 aromatic carbocycles. The molecule has 1 amide bonds. The smallest absolute Gasteiger partial charge is 0.266 e. The van der Waals surface area contributed by atoms with Gasteiger partial charge in [-0.2, -0.15) is 5.26 Å². The lowest BCUT2D eigenvalue weighted by Gasteiger charge is -2.25. The fraction of sp³-hybridized carbons (Fsp3) is 0.150. The van der Waals surface area contributed by atoms with Crippen molar-refractivity contribution in [2.45, 2.75) is 5.54 Å². The van der Waals surface area contributed by atoms with Gasteiger partial charge in [-0.05, 0) is 23.3 Å². The summed E-state index contributed by atoms with van der Waals surface area (Å²) in [5, 5.41) is 9.35. The summed E-state index contributed by atoms with van der Waals surface area (Å²) >= 11 is 0. The Labute approximate surface area is 161 Å². The third kappa shape index (κ3) is 2.45. The Morgan fingerprint density at radius 3 is 2.46 bits per heavy atom. The minimum atomic E-state index is -1.35. The van der Waals surface area contributed by atoms with Gasteiger partial charge in [-0.15, -0.1) is 0 Å². The van der Waals surface area contributed by atoms with Gasteiger partial charge in [0.05, 0.1) is 0 Å². The molecule has 1 aliphatic heterocycles. The summed E-state index contributed by atoms with van der Waals surface area (Å²) in [4.78, 5) is 27.3. The Kier molecular flexibility index (Phi) is 3.93. The summed E-state index contributed by atoms with van der Waals surface area (Å²) in [5.41, 5.74) is 8.00. The topological polar surface area (TPSA) is 113 Å². The summed E-state index contributed by atoms with van der Waals surface area (Å²) in [7, 11) is 3.34. The van der Waals surface area contributed by atoms with Gasteiger partial charge in [0.25, 0.3) is 5.91 Å². The second-order valence-electron chi connectivity index (χ2n) is 6.59. The lowest BCUT2D eigenvalue weighted by molar-refractivity contribution is -0.129. The molecule has 1 unspecified atom stereocenters. The predicted molar refractivity (Wildman–Crippen MR) is 103 cm³/mol. The second kappa shape index (κ2) is 6.32. The first kappa shape index (κ1) is 17.4. The van der Waals surface area contributed by atoms with Crippen LogP contribution < -0.4 is 5.73 Å². The van der Waals surface area contributed by atoms with Crippen molar-refractivity contribution in [3.8, 4) is 17.2 Å². The van der Waals surface area contributed by atoms with Gasteiger partial charge in [0.15, 0.2) is 11.5 Å². The van der Waals surface area contributed by atoms with Gasteiger partial charge in [-0.1, -0.05) is 18.2 Å². The summed E-state index contributed by atoms with van der Waals surface area (Å²) in [5.74, 6) is -0.151. The molecule has 8 nitrogen and oxygen atoms in total. The van der Waals surface area contributed by atoms with Crippen LogP contribution in [0.15, 0.2) is 60.2 Å². The molecule has 2 N–H and O–H groups in total. The molecule has 1 aliphatic rings. The monoisotopic (exact) mass is 371 g/mol. The molecule has 4 rings (SSSR count). The molecule has 0 fully saturated rings. The quantitative estimate of drug-likeness (QED) is 0.747. The van der Waals surface area contributed by atoms with Crippen LogP contribution in [-0.2, 0) is 17.4 Å². The van der Waals surface area contributed by atoms with E-state index in [1.165, 1.54) is 11.2 Å². The normalized spacial score (nSPS) is 18.8. The van der Waals surface area contributed by atoms with Gasteiger partial charge in [0, 0.05) is 43.8 Å². The lowest BCUT2D eigenvalue weighted by atomic mass is 9.83. The molecule has 8 heteroatoms. The van der Waals surface area contributed by atoms with Gasteiger partial charge in [-0.25, -0.2) is 15.0 Å². The molecule has 0 saturated heterocycles. The number of aryl methyl sites for hydroxylation is 1. The fourth-order valence-electron chi connectivity index (χ4n) is 3.43. The van der Waals surface area contributed by atoms with Crippen molar-refractivity contribution in [2.75, 3.05) is 7.05 Å². The maximum absolute atomic E-state index is 13.3. The first-order valence-corrected chi connectivity index (χ1v) is 8.53. The first-order valence-electron chi connectivity index (χ1n) is 8.53. The van der Waals surface area contributed by atoms with E-state index in [1.54, 1.807) is 43.3 Å². The van der Waals surface area contributed by atoms with E-state index in [1.807, 2.05) is 24.3 Å². The van der Waals surface area contributed by atoms with Crippen LogP contribution in [0.5, 0.6) is 0 Å². The Balaban J connectivity index is 1.96. The van der Waals surface area contributed by atoms with Crippen LogP contribution in [0.2, 0.25) is 0 Å². The van der Waals surface area contributed by atoms with Crippen LogP contribution in [0.25, 0.3) is 11.1 Å². The van der Waals surface area contributed by atoms with Crippen LogP contribution in [0.1, 0.15) is 16.8 Å². The number of hydrogen-bond acceptors (Lipinski definition) is 6. The second-order valence-corrected chi connectivity index (χ2v) is 6.59. The Morgan fingerprint density at radius 2 is 1.86 bits per heavy atom. The molecule has 0 spiro atoms. The van der Waals surface area contributed by atoms with Crippen molar-refractivity contribution in [1.29, 1.82) is 5.26 Å². The highest BCUT2D eigenvalue weighted by Gasteiger charge is 2.50. The SMILES string of the molecule is CN1C(=O)C(c2cccc(-c3cncnc3)c2)(c2cc(C#N)n(C)c2)N=C1N. The summed E-state index contributed by atoms with van der Waals surface area (Å²) in [6, 6.07) is 11.3. The van der Waals surface area contributed by atoms with Crippen molar-refractivity contribution in [1.82, 2.24) is 19.4 Å². The minimum absolute atomic E-state index is 0.126. The zero-order valence-corrected chi connectivity index (χ0v) is 15.4. The van der Waals surface area contributed by atoms with E-state index in [4.69, 9.17) is 5.73 Å². The predicted octanol–water partition coefficient (Wildman–Crippen LogP) is 1.38. The number of amides is 1. The number of aliphatic imine (C=N–C) groups is 1. The van der Waals surface area contributed by atoms with Gasteiger partial charge >= 0.3 is 0 Å².